The number of anilines is 1. The van der Waals surface area contributed by atoms with E-state index in [2.05, 4.69) is 21.2 Å². The molecule has 0 atom stereocenters. The average molecular weight is 335 g/mol. The van der Waals surface area contributed by atoms with Gasteiger partial charge in [-0.25, -0.2) is 0 Å². The molecule has 0 saturated carbocycles. The van der Waals surface area contributed by atoms with Gasteiger partial charge >= 0.3 is 0 Å². The van der Waals surface area contributed by atoms with E-state index < -0.39 is 30.3 Å². The third-order valence-corrected chi connectivity index (χ3v) is 3.45. The van der Waals surface area contributed by atoms with Gasteiger partial charge in [-0.15, -0.1) is 0 Å². The van der Waals surface area contributed by atoms with Gasteiger partial charge in [-0.05, 0) is 28.9 Å². The molecule has 19 heavy (non-hydrogen) atoms. The predicted octanol–water partition coefficient (Wildman–Crippen LogP) is 0.793. The smallest absolute Gasteiger partial charge is 0.273 e. The van der Waals surface area contributed by atoms with Gasteiger partial charge in [0.1, 0.15) is 5.54 Å². The van der Waals surface area contributed by atoms with Crippen molar-refractivity contribution in [2.45, 2.75) is 12.5 Å². The van der Waals surface area contributed by atoms with Crippen LogP contribution in [-0.2, 0) is 0 Å². The minimum absolute atomic E-state index is 0.0416. The van der Waals surface area contributed by atoms with E-state index in [1.807, 2.05) is 0 Å². The number of aryl methyl sites for hydroxylation is 1. The molecule has 0 bridgehead atoms. The van der Waals surface area contributed by atoms with E-state index >= 15 is 0 Å². The highest BCUT2D eigenvalue weighted by Gasteiger charge is 2.29. The molecule has 0 amide bonds. The van der Waals surface area contributed by atoms with Crippen molar-refractivity contribution in [2.24, 2.45) is 0 Å². The summed E-state index contributed by atoms with van der Waals surface area (Å²) in [6.45, 7) is 0.127. The first kappa shape index (κ1) is 15.8. The summed E-state index contributed by atoms with van der Waals surface area (Å²) in [5.41, 5.74) is -0.454. The third kappa shape index (κ3) is 3.41. The molecule has 106 valence electrons. The zero-order valence-corrected chi connectivity index (χ0v) is 11.8. The number of nitro benzene ring substituents is 1. The Balaban J connectivity index is 3.16. The second-order valence-corrected chi connectivity index (χ2v) is 5.11. The first-order valence-corrected chi connectivity index (χ1v) is 6.23. The van der Waals surface area contributed by atoms with Crippen LogP contribution in [0, 0.1) is 17.0 Å². The van der Waals surface area contributed by atoms with Crippen LogP contribution < -0.4 is 5.32 Å². The van der Waals surface area contributed by atoms with E-state index in [-0.39, 0.29) is 5.69 Å². The minimum Gasteiger partial charge on any atom is -0.394 e. The van der Waals surface area contributed by atoms with Crippen molar-refractivity contribution in [1.29, 1.82) is 0 Å². The maximum Gasteiger partial charge on any atom is 0.273 e. The van der Waals surface area contributed by atoms with Gasteiger partial charge in [0.2, 0.25) is 0 Å². The van der Waals surface area contributed by atoms with Crippen molar-refractivity contribution in [3.63, 3.8) is 0 Å². The minimum atomic E-state index is -1.29. The molecule has 0 spiro atoms. The lowest BCUT2D eigenvalue weighted by Crippen LogP contribution is -2.49. The highest BCUT2D eigenvalue weighted by atomic mass is 79.9. The van der Waals surface area contributed by atoms with Gasteiger partial charge in [-0.2, -0.15) is 0 Å². The van der Waals surface area contributed by atoms with Crippen LogP contribution in [0.15, 0.2) is 16.6 Å². The summed E-state index contributed by atoms with van der Waals surface area (Å²) in [7, 11) is 0. The monoisotopic (exact) mass is 334 g/mol. The Kier molecular flexibility index (Phi) is 5.24. The lowest BCUT2D eigenvalue weighted by Gasteiger charge is -2.30. The molecule has 0 radical (unpaired) electrons. The SMILES string of the molecule is Cc1cc(NC(CO)(CO)CO)c(Br)cc1[N+](=O)[O-]. The van der Waals surface area contributed by atoms with Crippen molar-refractivity contribution >= 4 is 27.3 Å². The van der Waals surface area contributed by atoms with Crippen molar-refractivity contribution < 1.29 is 20.2 Å². The maximum absolute atomic E-state index is 10.8. The van der Waals surface area contributed by atoms with Gasteiger partial charge in [0, 0.05) is 21.8 Å². The van der Waals surface area contributed by atoms with Crippen LogP contribution in [0.3, 0.4) is 0 Å². The van der Waals surface area contributed by atoms with Crippen LogP contribution in [0.1, 0.15) is 5.56 Å². The fourth-order valence-electron chi connectivity index (χ4n) is 1.52. The molecule has 0 aliphatic rings. The molecule has 1 rings (SSSR count). The van der Waals surface area contributed by atoms with Crippen molar-refractivity contribution in [3.05, 3.63) is 32.3 Å². The van der Waals surface area contributed by atoms with E-state index in [1.54, 1.807) is 6.92 Å². The van der Waals surface area contributed by atoms with E-state index in [1.165, 1.54) is 12.1 Å². The van der Waals surface area contributed by atoms with Gasteiger partial charge in [0.05, 0.1) is 24.7 Å². The summed E-state index contributed by atoms with van der Waals surface area (Å²) < 4.78 is 0.407. The fourth-order valence-corrected chi connectivity index (χ4v) is 1.95. The summed E-state index contributed by atoms with van der Waals surface area (Å²) in [4.78, 5) is 10.3. The molecular weight excluding hydrogens is 320 g/mol. The second-order valence-electron chi connectivity index (χ2n) is 4.26. The predicted molar refractivity (Wildman–Crippen MR) is 73.1 cm³/mol. The highest BCUT2D eigenvalue weighted by Crippen LogP contribution is 2.32. The summed E-state index contributed by atoms with van der Waals surface area (Å²) in [6, 6.07) is 2.84. The zero-order chi connectivity index (χ0) is 14.6. The topological polar surface area (TPSA) is 116 Å². The largest absolute Gasteiger partial charge is 0.394 e. The number of nitrogens with zero attached hydrogens (tertiary/aromatic N) is 1. The van der Waals surface area contributed by atoms with E-state index in [0.717, 1.165) is 0 Å². The van der Waals surface area contributed by atoms with E-state index in [9.17, 15) is 25.4 Å². The highest BCUT2D eigenvalue weighted by molar-refractivity contribution is 9.10. The number of aliphatic hydroxyl groups is 3. The van der Waals surface area contributed by atoms with Gasteiger partial charge in [0.15, 0.2) is 0 Å². The molecule has 0 unspecified atom stereocenters. The number of nitrogens with one attached hydrogen (secondary N) is 1. The second kappa shape index (κ2) is 6.29. The Morgan fingerprint density at radius 2 is 1.84 bits per heavy atom. The Morgan fingerprint density at radius 1 is 1.32 bits per heavy atom. The van der Waals surface area contributed by atoms with E-state index in [4.69, 9.17) is 0 Å². The van der Waals surface area contributed by atoms with Crippen LogP contribution in [0.5, 0.6) is 0 Å². The number of nitro groups is 1. The molecule has 4 N–H and O–H groups in total. The van der Waals surface area contributed by atoms with E-state index in [0.29, 0.717) is 15.7 Å². The summed E-state index contributed by atoms with van der Waals surface area (Å²) >= 11 is 3.18. The zero-order valence-electron chi connectivity index (χ0n) is 10.3. The van der Waals surface area contributed by atoms with Crippen LogP contribution in [0.4, 0.5) is 11.4 Å². The first-order chi connectivity index (χ1) is 8.89. The third-order valence-electron chi connectivity index (χ3n) is 2.79. The molecule has 0 fully saturated rings. The molecule has 0 aliphatic carbocycles. The maximum atomic E-state index is 10.8. The van der Waals surface area contributed by atoms with Gasteiger partial charge in [-0.1, -0.05) is 0 Å². The summed E-state index contributed by atoms with van der Waals surface area (Å²) in [6.07, 6.45) is 0. The number of rotatable bonds is 6. The summed E-state index contributed by atoms with van der Waals surface area (Å²) in [5.74, 6) is 0. The molecule has 0 saturated heterocycles. The van der Waals surface area contributed by atoms with Crippen LogP contribution in [-0.4, -0.2) is 45.6 Å². The average Bonchev–Trinajstić information content (AvgIpc) is 2.39. The normalized spacial score (nSPS) is 11.4. The lowest BCUT2D eigenvalue weighted by atomic mass is 10.0. The van der Waals surface area contributed by atoms with Crippen LogP contribution in [0.25, 0.3) is 0 Å². The van der Waals surface area contributed by atoms with Crippen LogP contribution in [0.2, 0.25) is 0 Å². The number of halogens is 1. The lowest BCUT2D eigenvalue weighted by molar-refractivity contribution is -0.385. The fraction of sp³-hybridized carbons (Fsp3) is 0.455. The first-order valence-electron chi connectivity index (χ1n) is 5.44. The number of hydrogen-bond acceptors (Lipinski definition) is 6. The molecule has 8 heteroatoms. The number of aliphatic hydroxyl groups excluding tert-OH is 3. The standard InChI is InChI=1S/C11H15BrN2O5/c1-7-2-9(8(12)3-10(7)14(18)19)13-11(4-15,5-16)6-17/h2-3,13,15-17H,4-6H2,1H3. The molecule has 0 aromatic heterocycles. The quantitative estimate of drug-likeness (QED) is 0.451. The Bertz CT molecular complexity index is 468. The Labute approximate surface area is 118 Å². The van der Waals surface area contributed by atoms with Gasteiger partial charge in [-0.3, -0.25) is 10.1 Å². The van der Waals surface area contributed by atoms with Crippen LogP contribution >= 0.6 is 15.9 Å². The number of hydrogen-bond donors (Lipinski definition) is 4. The molecule has 7 nitrogen and oxygen atoms in total. The molecule has 1 aromatic rings. The summed E-state index contributed by atoms with van der Waals surface area (Å²) in [5, 5.41) is 41.3. The number of benzene rings is 1. The molecule has 0 heterocycles. The van der Waals surface area contributed by atoms with Crippen molar-refractivity contribution in [2.75, 3.05) is 25.1 Å². The van der Waals surface area contributed by atoms with Gasteiger partial charge in [0.25, 0.3) is 5.69 Å². The Morgan fingerprint density at radius 3 is 2.26 bits per heavy atom. The molecule has 1 aromatic carbocycles. The Hall–Kier alpha value is -1.22. The van der Waals surface area contributed by atoms with Gasteiger partial charge < -0.3 is 20.6 Å². The molecular formula is C11H15BrN2O5. The molecule has 0 aliphatic heterocycles. The van der Waals surface area contributed by atoms with Crippen molar-refractivity contribution in [3.8, 4) is 0 Å². The van der Waals surface area contributed by atoms with Crippen molar-refractivity contribution in [1.82, 2.24) is 0 Å².